The zero-order valence-corrected chi connectivity index (χ0v) is 8.25. The number of carbonyl (C=O) groups excluding carboxylic acids is 1. The Morgan fingerprint density at radius 2 is 2.29 bits per heavy atom. The maximum absolute atomic E-state index is 12.9. The number of aryl methyl sites for hydroxylation is 1. The van der Waals surface area contributed by atoms with Crippen LogP contribution in [0, 0.1) is 12.7 Å². The maximum Gasteiger partial charge on any atom is 0.235 e. The van der Waals surface area contributed by atoms with Crippen molar-refractivity contribution in [1.29, 1.82) is 0 Å². The minimum absolute atomic E-state index is 0.202. The third-order valence-electron chi connectivity index (χ3n) is 2.16. The molecular formula is C11H12FNO. The van der Waals surface area contributed by atoms with Gasteiger partial charge in [-0.1, -0.05) is 19.1 Å². The molecule has 0 N–H and O–H groups in total. The van der Waals surface area contributed by atoms with Crippen molar-refractivity contribution in [3.63, 3.8) is 0 Å². The number of halogens is 1. The molecule has 0 aliphatic carbocycles. The van der Waals surface area contributed by atoms with E-state index in [-0.39, 0.29) is 11.9 Å². The Balaban J connectivity index is 3.05. The van der Waals surface area contributed by atoms with Crippen LogP contribution in [0.2, 0.25) is 0 Å². The van der Waals surface area contributed by atoms with E-state index in [4.69, 9.17) is 0 Å². The van der Waals surface area contributed by atoms with Crippen LogP contribution in [0.15, 0.2) is 23.2 Å². The van der Waals surface area contributed by atoms with Gasteiger partial charge in [0.15, 0.2) is 0 Å². The molecule has 0 amide bonds. The fourth-order valence-electron chi connectivity index (χ4n) is 1.34. The van der Waals surface area contributed by atoms with E-state index >= 15 is 0 Å². The molecular weight excluding hydrogens is 181 g/mol. The molecule has 74 valence electrons. The van der Waals surface area contributed by atoms with E-state index in [1.807, 2.05) is 6.92 Å². The Hall–Kier alpha value is -1.47. The van der Waals surface area contributed by atoms with Crippen molar-refractivity contribution in [2.75, 3.05) is 0 Å². The summed E-state index contributed by atoms with van der Waals surface area (Å²) in [5.74, 6) is -0.237. The first kappa shape index (κ1) is 10.6. The Morgan fingerprint density at radius 3 is 2.79 bits per heavy atom. The quantitative estimate of drug-likeness (QED) is 0.536. The second-order valence-corrected chi connectivity index (χ2v) is 3.15. The standard InChI is InChI=1S/C11H12FNO/c1-3-11(13-7-14)9-4-5-10(12)8(2)6-9/h4-6,11H,3H2,1-2H3/t11-/m1/s1. The highest BCUT2D eigenvalue weighted by molar-refractivity contribution is 5.36. The van der Waals surface area contributed by atoms with Crippen molar-refractivity contribution in [2.24, 2.45) is 4.99 Å². The molecule has 0 aliphatic rings. The molecule has 0 aliphatic heterocycles. The number of hydrogen-bond donors (Lipinski definition) is 0. The summed E-state index contributed by atoms with van der Waals surface area (Å²) in [6.45, 7) is 3.61. The lowest BCUT2D eigenvalue weighted by Gasteiger charge is -2.08. The molecule has 0 saturated carbocycles. The van der Waals surface area contributed by atoms with Gasteiger partial charge in [0.25, 0.3) is 0 Å². The summed E-state index contributed by atoms with van der Waals surface area (Å²) in [7, 11) is 0. The first-order valence-electron chi connectivity index (χ1n) is 4.52. The number of aliphatic imine (C=N–C) groups is 1. The molecule has 1 aromatic carbocycles. The lowest BCUT2D eigenvalue weighted by Crippen LogP contribution is -1.95. The van der Waals surface area contributed by atoms with Crippen LogP contribution in [-0.4, -0.2) is 6.08 Å². The first-order valence-corrected chi connectivity index (χ1v) is 4.52. The van der Waals surface area contributed by atoms with Crippen molar-refractivity contribution >= 4 is 6.08 Å². The topological polar surface area (TPSA) is 29.4 Å². The van der Waals surface area contributed by atoms with Gasteiger partial charge in [0.05, 0.1) is 6.04 Å². The Bertz CT molecular complexity index is 370. The molecule has 0 saturated heterocycles. The first-order chi connectivity index (χ1) is 6.69. The van der Waals surface area contributed by atoms with Gasteiger partial charge in [-0.25, -0.2) is 9.18 Å². The number of hydrogen-bond acceptors (Lipinski definition) is 2. The minimum Gasteiger partial charge on any atom is -0.211 e. The van der Waals surface area contributed by atoms with Crippen LogP contribution in [0.3, 0.4) is 0 Å². The molecule has 1 aromatic rings. The van der Waals surface area contributed by atoms with Crippen LogP contribution in [0.25, 0.3) is 0 Å². The zero-order chi connectivity index (χ0) is 10.6. The molecule has 0 aromatic heterocycles. The monoisotopic (exact) mass is 193 g/mol. The minimum atomic E-state index is -0.237. The number of nitrogens with zero attached hydrogens (tertiary/aromatic N) is 1. The fourth-order valence-corrected chi connectivity index (χ4v) is 1.34. The van der Waals surface area contributed by atoms with Crippen LogP contribution in [0.1, 0.15) is 30.5 Å². The highest BCUT2D eigenvalue weighted by Gasteiger charge is 2.08. The number of rotatable bonds is 3. The van der Waals surface area contributed by atoms with Gasteiger partial charge in [-0.2, -0.15) is 4.99 Å². The van der Waals surface area contributed by atoms with Gasteiger partial charge in [0, 0.05) is 0 Å². The molecule has 1 atom stereocenters. The van der Waals surface area contributed by atoms with E-state index in [9.17, 15) is 9.18 Å². The smallest absolute Gasteiger partial charge is 0.211 e. The van der Waals surface area contributed by atoms with Crippen molar-refractivity contribution in [3.8, 4) is 0 Å². The fraction of sp³-hybridized carbons (Fsp3) is 0.364. The molecule has 0 fully saturated rings. The highest BCUT2D eigenvalue weighted by Crippen LogP contribution is 2.22. The number of benzene rings is 1. The lowest BCUT2D eigenvalue weighted by atomic mass is 10.0. The molecule has 0 unspecified atom stereocenters. The molecule has 0 heterocycles. The van der Waals surface area contributed by atoms with E-state index in [0.717, 1.165) is 5.56 Å². The Kier molecular flexibility index (Phi) is 3.55. The molecule has 0 bridgehead atoms. The van der Waals surface area contributed by atoms with Gasteiger partial charge in [-0.15, -0.1) is 0 Å². The van der Waals surface area contributed by atoms with Crippen LogP contribution < -0.4 is 0 Å². The van der Waals surface area contributed by atoms with Crippen molar-refractivity contribution in [3.05, 3.63) is 35.1 Å². The summed E-state index contributed by atoms with van der Waals surface area (Å²) in [6.07, 6.45) is 2.24. The van der Waals surface area contributed by atoms with Crippen molar-refractivity contribution < 1.29 is 9.18 Å². The van der Waals surface area contributed by atoms with Gasteiger partial charge in [0.1, 0.15) is 5.82 Å². The summed E-state index contributed by atoms with van der Waals surface area (Å²) < 4.78 is 12.9. The maximum atomic E-state index is 12.9. The predicted molar refractivity (Wildman–Crippen MR) is 52.3 cm³/mol. The Morgan fingerprint density at radius 1 is 1.57 bits per heavy atom. The highest BCUT2D eigenvalue weighted by atomic mass is 19.1. The summed E-state index contributed by atoms with van der Waals surface area (Å²) >= 11 is 0. The average Bonchev–Trinajstić information content (AvgIpc) is 2.19. The van der Waals surface area contributed by atoms with Crippen LogP contribution in [0.4, 0.5) is 4.39 Å². The average molecular weight is 193 g/mol. The predicted octanol–water partition coefficient (Wildman–Crippen LogP) is 2.92. The Labute approximate surface area is 82.5 Å². The van der Waals surface area contributed by atoms with Gasteiger partial charge < -0.3 is 0 Å². The molecule has 1 rings (SSSR count). The lowest BCUT2D eigenvalue weighted by molar-refractivity contribution is 0.555. The summed E-state index contributed by atoms with van der Waals surface area (Å²) in [4.78, 5) is 13.8. The van der Waals surface area contributed by atoms with Gasteiger partial charge in [-0.05, 0) is 30.5 Å². The normalized spacial score (nSPS) is 11.9. The molecule has 0 spiro atoms. The van der Waals surface area contributed by atoms with Crippen LogP contribution in [0.5, 0.6) is 0 Å². The third-order valence-corrected chi connectivity index (χ3v) is 2.16. The largest absolute Gasteiger partial charge is 0.235 e. The second-order valence-electron chi connectivity index (χ2n) is 3.15. The summed E-state index contributed by atoms with van der Waals surface area (Å²) in [6, 6.07) is 4.56. The molecule has 3 heteroatoms. The molecule has 0 radical (unpaired) electrons. The van der Waals surface area contributed by atoms with E-state index in [0.29, 0.717) is 12.0 Å². The number of isocyanates is 1. The van der Waals surface area contributed by atoms with Crippen molar-refractivity contribution in [1.82, 2.24) is 0 Å². The van der Waals surface area contributed by atoms with Crippen molar-refractivity contribution in [2.45, 2.75) is 26.3 Å². The molecule has 2 nitrogen and oxygen atoms in total. The van der Waals surface area contributed by atoms with Gasteiger partial charge in [0.2, 0.25) is 6.08 Å². The van der Waals surface area contributed by atoms with Gasteiger partial charge >= 0.3 is 0 Å². The van der Waals surface area contributed by atoms with Gasteiger partial charge in [-0.3, -0.25) is 0 Å². The second kappa shape index (κ2) is 4.68. The van der Waals surface area contributed by atoms with E-state index in [2.05, 4.69) is 4.99 Å². The SMILES string of the molecule is CC[C@@H](N=C=O)c1ccc(F)c(C)c1. The third kappa shape index (κ3) is 2.27. The van der Waals surface area contributed by atoms with E-state index in [1.54, 1.807) is 19.1 Å². The zero-order valence-electron chi connectivity index (χ0n) is 8.25. The summed E-state index contributed by atoms with van der Waals surface area (Å²) in [5, 5.41) is 0. The van der Waals surface area contributed by atoms with Crippen LogP contribution in [-0.2, 0) is 4.79 Å². The van der Waals surface area contributed by atoms with E-state index < -0.39 is 0 Å². The molecule has 14 heavy (non-hydrogen) atoms. The van der Waals surface area contributed by atoms with E-state index in [1.165, 1.54) is 12.1 Å². The summed E-state index contributed by atoms with van der Waals surface area (Å²) in [5.41, 5.74) is 1.43. The van der Waals surface area contributed by atoms with Crippen LogP contribution >= 0.6 is 0 Å².